The number of hydrogen-bond donors (Lipinski definition) is 0. The van der Waals surface area contributed by atoms with E-state index in [-0.39, 0.29) is 5.41 Å². The summed E-state index contributed by atoms with van der Waals surface area (Å²) >= 11 is 0. The van der Waals surface area contributed by atoms with E-state index in [1.54, 1.807) is 0 Å². The standard InChI is InChI=1S/C65H48N2Si/c1-65(2)57-37-21-36-56-55-41-40-49(66(47-26-7-3-8-27-47)59-38-19-24-45-22-15-17-34-53(45)59)43-61(55)68(51-30-11-5-12-31-51,52-32-13-6-14-33-52)62-44-50(42-58(65)64(62)63(56)57)67(48-28-9-4-10-29-48)60-39-20-25-46-23-16-18-35-54(46)60/h3-44H,1-2H3. The molecule has 0 atom stereocenters. The molecule has 0 bridgehead atoms. The van der Waals surface area contributed by atoms with Crippen molar-refractivity contribution >= 4 is 84.5 Å². The minimum atomic E-state index is -3.30. The number of nitrogens with zero attached hydrogens (tertiary/aromatic N) is 2. The zero-order valence-corrected chi connectivity index (χ0v) is 39.1. The van der Waals surface area contributed by atoms with Gasteiger partial charge < -0.3 is 9.80 Å². The quantitative estimate of drug-likeness (QED) is 0.140. The van der Waals surface area contributed by atoms with Crippen LogP contribution >= 0.6 is 0 Å². The van der Waals surface area contributed by atoms with Gasteiger partial charge in [-0.25, -0.2) is 0 Å². The zero-order chi connectivity index (χ0) is 45.4. The molecule has 0 fully saturated rings. The lowest BCUT2D eigenvalue weighted by atomic mass is 9.81. The first-order valence-corrected chi connectivity index (χ1v) is 25.8. The van der Waals surface area contributed by atoms with Crippen LogP contribution in [-0.4, -0.2) is 8.07 Å². The third-order valence-corrected chi connectivity index (χ3v) is 19.7. The summed E-state index contributed by atoms with van der Waals surface area (Å²) in [5.41, 5.74) is 14.7. The number of fused-ring (bicyclic) bond motifs is 4. The van der Waals surface area contributed by atoms with Crippen molar-refractivity contribution in [2.24, 2.45) is 0 Å². The fourth-order valence-corrected chi connectivity index (χ4v) is 17.1. The van der Waals surface area contributed by atoms with Gasteiger partial charge >= 0.3 is 0 Å². The van der Waals surface area contributed by atoms with Crippen LogP contribution in [0.2, 0.25) is 0 Å². The largest absolute Gasteiger partial charge is 0.310 e. The number of para-hydroxylation sites is 2. The lowest BCUT2D eigenvalue weighted by Gasteiger charge is -2.38. The molecule has 0 saturated carbocycles. The first kappa shape index (κ1) is 40.1. The predicted molar refractivity (Wildman–Crippen MR) is 291 cm³/mol. The molecule has 0 unspecified atom stereocenters. The first-order chi connectivity index (χ1) is 33.5. The maximum Gasteiger partial charge on any atom is 0.181 e. The molecule has 1 heterocycles. The Morgan fingerprint density at radius 1 is 0.324 bits per heavy atom. The summed E-state index contributed by atoms with van der Waals surface area (Å²) in [5.74, 6) is 0. The van der Waals surface area contributed by atoms with Gasteiger partial charge in [0.1, 0.15) is 0 Å². The smallest absolute Gasteiger partial charge is 0.181 e. The Bertz CT molecular complexity index is 3660. The topological polar surface area (TPSA) is 6.48 Å². The number of hydrogen-bond acceptors (Lipinski definition) is 2. The highest BCUT2D eigenvalue weighted by atomic mass is 28.3. The predicted octanol–water partition coefficient (Wildman–Crippen LogP) is 14.6. The van der Waals surface area contributed by atoms with Crippen molar-refractivity contribution in [1.29, 1.82) is 0 Å². The van der Waals surface area contributed by atoms with Crippen molar-refractivity contribution in [1.82, 2.24) is 0 Å². The Morgan fingerprint density at radius 2 is 0.794 bits per heavy atom. The van der Waals surface area contributed by atoms with E-state index in [2.05, 4.69) is 278 Å². The Balaban J connectivity index is 1.20. The van der Waals surface area contributed by atoms with Crippen LogP contribution in [0, 0.1) is 0 Å². The average molecular weight is 885 g/mol. The molecule has 2 aliphatic rings. The minimum absolute atomic E-state index is 0.282. The Labute approximate surface area is 399 Å². The van der Waals surface area contributed by atoms with E-state index >= 15 is 0 Å². The van der Waals surface area contributed by atoms with E-state index < -0.39 is 8.07 Å². The van der Waals surface area contributed by atoms with Crippen LogP contribution in [0.1, 0.15) is 25.0 Å². The molecule has 3 heteroatoms. The zero-order valence-electron chi connectivity index (χ0n) is 38.1. The molecule has 11 aromatic carbocycles. The summed E-state index contributed by atoms with van der Waals surface area (Å²) < 4.78 is 0. The van der Waals surface area contributed by atoms with Crippen molar-refractivity contribution in [2.75, 3.05) is 9.80 Å². The van der Waals surface area contributed by atoms with Gasteiger partial charge in [0.2, 0.25) is 0 Å². The van der Waals surface area contributed by atoms with Gasteiger partial charge in [-0.05, 0) is 126 Å². The van der Waals surface area contributed by atoms with E-state index in [1.165, 1.54) is 75.7 Å². The lowest BCUT2D eigenvalue weighted by Crippen LogP contribution is -2.75. The Hall–Kier alpha value is -8.24. The van der Waals surface area contributed by atoms with Crippen molar-refractivity contribution in [3.05, 3.63) is 266 Å². The van der Waals surface area contributed by atoms with Gasteiger partial charge in [0, 0.05) is 38.9 Å². The monoisotopic (exact) mass is 884 g/mol. The van der Waals surface area contributed by atoms with Crippen LogP contribution in [0.3, 0.4) is 0 Å². The van der Waals surface area contributed by atoms with E-state index in [1.807, 2.05) is 0 Å². The average Bonchev–Trinajstić information content (AvgIpc) is 3.57. The van der Waals surface area contributed by atoms with Gasteiger partial charge in [-0.2, -0.15) is 0 Å². The second-order valence-corrected chi connectivity index (χ2v) is 22.6. The van der Waals surface area contributed by atoms with Gasteiger partial charge in [-0.1, -0.05) is 208 Å². The molecular weight excluding hydrogens is 837 g/mol. The minimum Gasteiger partial charge on any atom is -0.310 e. The third-order valence-electron chi connectivity index (χ3n) is 14.9. The number of anilines is 6. The van der Waals surface area contributed by atoms with Crippen LogP contribution in [0.25, 0.3) is 43.8 Å². The molecule has 1 aliphatic carbocycles. The first-order valence-electron chi connectivity index (χ1n) is 23.8. The van der Waals surface area contributed by atoms with Crippen molar-refractivity contribution in [3.8, 4) is 22.3 Å². The van der Waals surface area contributed by atoms with Crippen LogP contribution in [0.15, 0.2) is 255 Å². The second-order valence-electron chi connectivity index (χ2n) is 18.8. The highest BCUT2D eigenvalue weighted by molar-refractivity contribution is 7.21. The molecule has 0 radical (unpaired) electrons. The molecule has 2 nitrogen and oxygen atoms in total. The van der Waals surface area contributed by atoms with Gasteiger partial charge in [-0.3, -0.25) is 0 Å². The summed E-state index contributed by atoms with van der Waals surface area (Å²) in [5, 5.41) is 10.4. The molecular formula is C65H48N2Si. The highest BCUT2D eigenvalue weighted by Gasteiger charge is 2.51. The molecule has 0 aromatic heterocycles. The maximum atomic E-state index is 2.61. The fourth-order valence-electron chi connectivity index (χ4n) is 11.9. The van der Waals surface area contributed by atoms with Crippen LogP contribution in [0.5, 0.6) is 0 Å². The fraction of sp³-hybridized carbons (Fsp3) is 0.0462. The number of rotatable bonds is 8. The molecule has 322 valence electrons. The molecule has 0 amide bonds. The number of benzene rings is 11. The highest BCUT2D eigenvalue weighted by Crippen LogP contribution is 2.55. The third kappa shape index (κ3) is 5.96. The van der Waals surface area contributed by atoms with Gasteiger partial charge in [-0.15, -0.1) is 0 Å². The molecule has 1 aliphatic heterocycles. The second kappa shape index (κ2) is 15.7. The Kier molecular flexibility index (Phi) is 9.25. The van der Waals surface area contributed by atoms with Gasteiger partial charge in [0.05, 0.1) is 11.4 Å². The molecule has 11 aromatic rings. The van der Waals surface area contributed by atoms with Crippen molar-refractivity contribution < 1.29 is 0 Å². The molecule has 0 spiro atoms. The van der Waals surface area contributed by atoms with Gasteiger partial charge in [0.25, 0.3) is 0 Å². The maximum absolute atomic E-state index is 3.30. The van der Waals surface area contributed by atoms with Gasteiger partial charge in [0.15, 0.2) is 8.07 Å². The Morgan fingerprint density at radius 3 is 1.37 bits per heavy atom. The van der Waals surface area contributed by atoms with E-state index in [4.69, 9.17) is 0 Å². The summed E-state index contributed by atoms with van der Waals surface area (Å²) in [7, 11) is -3.30. The van der Waals surface area contributed by atoms with Crippen LogP contribution < -0.4 is 30.5 Å². The van der Waals surface area contributed by atoms with Crippen LogP contribution in [0.4, 0.5) is 34.1 Å². The molecule has 0 saturated heterocycles. The normalized spacial score (nSPS) is 13.7. The summed E-state index contributed by atoms with van der Waals surface area (Å²) in [6.07, 6.45) is 0. The summed E-state index contributed by atoms with van der Waals surface area (Å²) in [6, 6.07) is 95.6. The molecule has 0 N–H and O–H groups in total. The van der Waals surface area contributed by atoms with E-state index in [0.29, 0.717) is 0 Å². The molecule has 13 rings (SSSR count). The SMILES string of the molecule is CC1(C)c2cccc3c2-c2c1cc(N(c1ccccc1)c1cccc4ccccc14)cc2[Si](c1ccccc1)(c1ccccc1)c1cc(N(c2ccccc2)c2cccc4ccccc24)ccc1-3. The summed E-state index contributed by atoms with van der Waals surface area (Å²) in [4.78, 5) is 5.00. The molecule has 68 heavy (non-hydrogen) atoms. The summed E-state index contributed by atoms with van der Waals surface area (Å²) in [6.45, 7) is 4.89. The van der Waals surface area contributed by atoms with E-state index in [0.717, 1.165) is 34.1 Å². The van der Waals surface area contributed by atoms with Crippen molar-refractivity contribution in [3.63, 3.8) is 0 Å². The lowest BCUT2D eigenvalue weighted by molar-refractivity contribution is 0.661. The van der Waals surface area contributed by atoms with E-state index in [9.17, 15) is 0 Å². The van der Waals surface area contributed by atoms with Crippen LogP contribution in [-0.2, 0) is 5.41 Å². The van der Waals surface area contributed by atoms with Crippen molar-refractivity contribution in [2.45, 2.75) is 19.3 Å².